The highest BCUT2D eigenvalue weighted by Crippen LogP contribution is 2.32. The molecule has 1 atom stereocenters. The van der Waals surface area contributed by atoms with Gasteiger partial charge in [0.2, 0.25) is 10.0 Å². The lowest BCUT2D eigenvalue weighted by atomic mass is 9.98. The standard InChI is InChI=1S/C15H23NO3S/c1-4-12-7-9-13(10-8-12)20(18,19)16-11-5-6-14(16)15(2,3)17/h7-10,14,17H,4-6,11H2,1-3H3. The molecule has 4 nitrogen and oxygen atoms in total. The number of aliphatic hydroxyl groups is 1. The summed E-state index contributed by atoms with van der Waals surface area (Å²) in [7, 11) is -3.52. The molecule has 0 radical (unpaired) electrons. The molecule has 0 amide bonds. The van der Waals surface area contributed by atoms with Crippen molar-refractivity contribution in [1.82, 2.24) is 4.31 Å². The van der Waals surface area contributed by atoms with Gasteiger partial charge in [0.15, 0.2) is 0 Å². The summed E-state index contributed by atoms with van der Waals surface area (Å²) < 4.78 is 26.9. The molecule has 1 fully saturated rings. The Morgan fingerprint density at radius 3 is 2.40 bits per heavy atom. The van der Waals surface area contributed by atoms with E-state index in [4.69, 9.17) is 0 Å². The van der Waals surface area contributed by atoms with Gasteiger partial charge in [-0.25, -0.2) is 8.42 Å². The summed E-state index contributed by atoms with van der Waals surface area (Å²) in [5.41, 5.74) is 0.0943. The van der Waals surface area contributed by atoms with Crippen molar-refractivity contribution < 1.29 is 13.5 Å². The van der Waals surface area contributed by atoms with Crippen molar-refractivity contribution in [3.05, 3.63) is 29.8 Å². The molecule has 0 aliphatic carbocycles. The van der Waals surface area contributed by atoms with E-state index in [0.29, 0.717) is 17.9 Å². The number of sulfonamides is 1. The smallest absolute Gasteiger partial charge is 0.243 e. The number of hydrogen-bond donors (Lipinski definition) is 1. The number of aryl methyl sites for hydroxylation is 1. The lowest BCUT2D eigenvalue weighted by Crippen LogP contribution is -2.48. The maximum Gasteiger partial charge on any atom is 0.243 e. The molecule has 1 aliphatic rings. The quantitative estimate of drug-likeness (QED) is 0.926. The van der Waals surface area contributed by atoms with Crippen LogP contribution in [0.15, 0.2) is 29.2 Å². The average Bonchev–Trinajstić information content (AvgIpc) is 2.88. The van der Waals surface area contributed by atoms with Crippen LogP contribution in [0.3, 0.4) is 0 Å². The SMILES string of the molecule is CCc1ccc(S(=O)(=O)N2CCCC2C(C)(C)O)cc1. The van der Waals surface area contributed by atoms with Crippen molar-refractivity contribution in [2.24, 2.45) is 0 Å². The van der Waals surface area contributed by atoms with Crippen LogP contribution in [0.1, 0.15) is 39.2 Å². The van der Waals surface area contributed by atoms with Gasteiger partial charge in [-0.3, -0.25) is 0 Å². The molecule has 0 saturated carbocycles. The summed E-state index contributed by atoms with van der Waals surface area (Å²) in [4.78, 5) is 0.311. The van der Waals surface area contributed by atoms with Crippen molar-refractivity contribution in [3.63, 3.8) is 0 Å². The Bertz CT molecular complexity index is 558. The van der Waals surface area contributed by atoms with Crippen LogP contribution in [0, 0.1) is 0 Å². The van der Waals surface area contributed by atoms with E-state index in [9.17, 15) is 13.5 Å². The Balaban J connectivity index is 2.33. The molecule has 0 aromatic heterocycles. The number of hydrogen-bond acceptors (Lipinski definition) is 3. The summed E-state index contributed by atoms with van der Waals surface area (Å²) in [5, 5.41) is 10.2. The molecule has 5 heteroatoms. The van der Waals surface area contributed by atoms with E-state index in [1.54, 1.807) is 26.0 Å². The van der Waals surface area contributed by atoms with Crippen LogP contribution >= 0.6 is 0 Å². The second kappa shape index (κ2) is 5.47. The van der Waals surface area contributed by atoms with Gasteiger partial charge in [0.25, 0.3) is 0 Å². The van der Waals surface area contributed by atoms with Crippen LogP contribution in [0.2, 0.25) is 0 Å². The van der Waals surface area contributed by atoms with Gasteiger partial charge in [-0.05, 0) is 50.8 Å². The highest BCUT2D eigenvalue weighted by molar-refractivity contribution is 7.89. The van der Waals surface area contributed by atoms with Crippen LogP contribution < -0.4 is 0 Å². The first-order valence-electron chi connectivity index (χ1n) is 7.10. The minimum absolute atomic E-state index is 0.311. The number of benzene rings is 1. The fourth-order valence-electron chi connectivity index (χ4n) is 2.77. The van der Waals surface area contributed by atoms with Crippen molar-refractivity contribution in [3.8, 4) is 0 Å². The third-order valence-electron chi connectivity index (χ3n) is 3.96. The van der Waals surface area contributed by atoms with E-state index >= 15 is 0 Å². The van der Waals surface area contributed by atoms with Crippen molar-refractivity contribution in [2.75, 3.05) is 6.54 Å². The van der Waals surface area contributed by atoms with Gasteiger partial charge in [0.05, 0.1) is 16.5 Å². The van der Waals surface area contributed by atoms with Gasteiger partial charge in [0.1, 0.15) is 0 Å². The first kappa shape index (κ1) is 15.5. The van der Waals surface area contributed by atoms with Gasteiger partial charge in [-0.15, -0.1) is 0 Å². The lowest BCUT2D eigenvalue weighted by Gasteiger charge is -2.33. The van der Waals surface area contributed by atoms with E-state index in [-0.39, 0.29) is 6.04 Å². The van der Waals surface area contributed by atoms with Gasteiger partial charge < -0.3 is 5.11 Å². The maximum absolute atomic E-state index is 12.7. The normalized spacial score (nSPS) is 21.3. The van der Waals surface area contributed by atoms with Gasteiger partial charge in [-0.1, -0.05) is 19.1 Å². The van der Waals surface area contributed by atoms with E-state index in [0.717, 1.165) is 18.4 Å². The van der Waals surface area contributed by atoms with Crippen molar-refractivity contribution >= 4 is 10.0 Å². The molecule has 1 aromatic carbocycles. The van der Waals surface area contributed by atoms with Crippen LogP contribution in [-0.2, 0) is 16.4 Å². The zero-order valence-corrected chi connectivity index (χ0v) is 13.2. The van der Waals surface area contributed by atoms with Crippen LogP contribution in [0.4, 0.5) is 0 Å². The molecule has 1 unspecified atom stereocenters. The minimum Gasteiger partial charge on any atom is -0.389 e. The summed E-state index contributed by atoms with van der Waals surface area (Å²) >= 11 is 0. The van der Waals surface area contributed by atoms with Crippen LogP contribution in [0.5, 0.6) is 0 Å². The van der Waals surface area contributed by atoms with E-state index < -0.39 is 15.6 Å². The number of nitrogens with zero attached hydrogens (tertiary/aromatic N) is 1. The fraction of sp³-hybridized carbons (Fsp3) is 0.600. The minimum atomic E-state index is -3.52. The maximum atomic E-state index is 12.7. The predicted octanol–water partition coefficient (Wildman–Crippen LogP) is 2.17. The van der Waals surface area contributed by atoms with Gasteiger partial charge in [-0.2, -0.15) is 4.31 Å². The molecule has 1 heterocycles. The second-order valence-electron chi connectivity index (χ2n) is 5.92. The molecule has 20 heavy (non-hydrogen) atoms. The monoisotopic (exact) mass is 297 g/mol. The van der Waals surface area contributed by atoms with Gasteiger partial charge >= 0.3 is 0 Å². The van der Waals surface area contributed by atoms with Crippen molar-refractivity contribution in [1.29, 1.82) is 0 Å². The zero-order chi connectivity index (χ0) is 15.0. The average molecular weight is 297 g/mol. The van der Waals surface area contributed by atoms with E-state index in [2.05, 4.69) is 0 Å². The summed E-state index contributed by atoms with van der Waals surface area (Å²) in [6, 6.07) is 6.67. The largest absolute Gasteiger partial charge is 0.389 e. The molecule has 0 bridgehead atoms. The summed E-state index contributed by atoms with van der Waals surface area (Å²) in [6.07, 6.45) is 2.38. The summed E-state index contributed by atoms with van der Waals surface area (Å²) in [5.74, 6) is 0. The third-order valence-corrected chi connectivity index (χ3v) is 5.88. The molecular weight excluding hydrogens is 274 g/mol. The highest BCUT2D eigenvalue weighted by atomic mass is 32.2. The van der Waals surface area contributed by atoms with Crippen molar-refractivity contribution in [2.45, 2.75) is 56.6 Å². The molecule has 0 spiro atoms. The molecule has 1 saturated heterocycles. The summed E-state index contributed by atoms with van der Waals surface area (Å²) in [6.45, 7) is 5.86. The second-order valence-corrected chi connectivity index (χ2v) is 7.82. The first-order valence-corrected chi connectivity index (χ1v) is 8.54. The Morgan fingerprint density at radius 2 is 1.90 bits per heavy atom. The van der Waals surface area contributed by atoms with E-state index in [1.165, 1.54) is 4.31 Å². The topological polar surface area (TPSA) is 57.6 Å². The fourth-order valence-corrected chi connectivity index (χ4v) is 4.58. The van der Waals surface area contributed by atoms with Crippen LogP contribution in [-0.4, -0.2) is 36.0 Å². The first-order chi connectivity index (χ1) is 9.26. The predicted molar refractivity (Wildman–Crippen MR) is 79.0 cm³/mol. The van der Waals surface area contributed by atoms with Gasteiger partial charge in [0, 0.05) is 6.54 Å². The molecule has 1 aliphatic heterocycles. The molecule has 1 N–H and O–H groups in total. The van der Waals surface area contributed by atoms with Crippen LogP contribution in [0.25, 0.3) is 0 Å². The Labute approximate surface area is 121 Å². The molecule has 1 aromatic rings. The number of rotatable bonds is 4. The Kier molecular flexibility index (Phi) is 4.23. The Hall–Kier alpha value is -0.910. The highest BCUT2D eigenvalue weighted by Gasteiger charge is 2.42. The molecule has 2 rings (SSSR count). The Morgan fingerprint density at radius 1 is 1.30 bits per heavy atom. The lowest BCUT2D eigenvalue weighted by molar-refractivity contribution is 0.0215. The zero-order valence-electron chi connectivity index (χ0n) is 12.3. The van der Waals surface area contributed by atoms with E-state index in [1.807, 2.05) is 19.1 Å². The third kappa shape index (κ3) is 2.90. The molecule has 112 valence electrons. The molecular formula is C15H23NO3S.